The van der Waals surface area contributed by atoms with Gasteiger partial charge in [0.15, 0.2) is 11.6 Å². The Labute approximate surface area is 104 Å². The van der Waals surface area contributed by atoms with Crippen molar-refractivity contribution in [2.75, 3.05) is 0 Å². The lowest BCUT2D eigenvalue weighted by atomic mass is 10.2. The molecule has 2 heterocycles. The number of carbonyl (C=O) groups excluding carboxylic acids is 1. The molecule has 0 radical (unpaired) electrons. The van der Waals surface area contributed by atoms with Crippen molar-refractivity contribution in [3.8, 4) is 5.82 Å². The molecule has 4 nitrogen and oxygen atoms in total. The molecular weight excluding hydrogens is 226 g/mol. The van der Waals surface area contributed by atoms with E-state index in [-0.39, 0.29) is 5.78 Å². The van der Waals surface area contributed by atoms with Crippen molar-refractivity contribution in [3.05, 3.63) is 54.4 Å². The molecule has 3 aromatic rings. The zero-order chi connectivity index (χ0) is 12.5. The number of pyridine rings is 1. The molecule has 0 saturated heterocycles. The summed E-state index contributed by atoms with van der Waals surface area (Å²) in [4.78, 5) is 15.9. The zero-order valence-electron chi connectivity index (χ0n) is 9.87. The number of Topliss-reactive ketones (excluding diaryl/α,β-unsaturated/α-hetero) is 1. The second kappa shape index (κ2) is 4.07. The maximum atomic E-state index is 11.6. The minimum atomic E-state index is -0.0409. The fraction of sp³-hybridized carbons (Fsp3) is 0.0714. The molecule has 0 aliphatic carbocycles. The maximum Gasteiger partial charge on any atom is 0.180 e. The van der Waals surface area contributed by atoms with E-state index in [1.807, 2.05) is 42.5 Å². The lowest BCUT2D eigenvalue weighted by molar-refractivity contribution is 0.101. The number of nitrogens with zero attached hydrogens (tertiary/aromatic N) is 3. The van der Waals surface area contributed by atoms with E-state index in [4.69, 9.17) is 0 Å². The van der Waals surface area contributed by atoms with Gasteiger partial charge in [0, 0.05) is 18.5 Å². The number of hydrogen-bond donors (Lipinski definition) is 0. The number of rotatable bonds is 2. The largest absolute Gasteiger partial charge is 0.293 e. The molecule has 0 amide bonds. The van der Waals surface area contributed by atoms with Crippen LogP contribution in [-0.4, -0.2) is 20.5 Å². The molecule has 1 aromatic carbocycles. The number of benzene rings is 1. The summed E-state index contributed by atoms with van der Waals surface area (Å²) in [5.41, 5.74) is 1.37. The molecule has 0 N–H and O–H groups in total. The van der Waals surface area contributed by atoms with Crippen LogP contribution < -0.4 is 0 Å². The second-order valence-corrected chi connectivity index (χ2v) is 4.02. The number of hydrogen-bond acceptors (Lipinski definition) is 3. The molecule has 18 heavy (non-hydrogen) atoms. The van der Waals surface area contributed by atoms with Crippen molar-refractivity contribution in [1.82, 2.24) is 14.8 Å². The summed E-state index contributed by atoms with van der Waals surface area (Å²) < 4.78 is 1.70. The zero-order valence-corrected chi connectivity index (χ0v) is 9.87. The van der Waals surface area contributed by atoms with Crippen LogP contribution in [0.1, 0.15) is 17.4 Å². The first-order valence-corrected chi connectivity index (χ1v) is 5.67. The Morgan fingerprint density at radius 3 is 2.61 bits per heavy atom. The number of carbonyl (C=O) groups is 1. The molecule has 0 saturated carbocycles. The third-order valence-corrected chi connectivity index (χ3v) is 2.79. The van der Waals surface area contributed by atoms with Gasteiger partial charge >= 0.3 is 0 Å². The molecule has 4 heteroatoms. The van der Waals surface area contributed by atoms with E-state index in [1.165, 1.54) is 6.92 Å². The lowest BCUT2D eigenvalue weighted by Gasteiger charge is -2.00. The molecule has 0 aliphatic rings. The van der Waals surface area contributed by atoms with Crippen molar-refractivity contribution < 1.29 is 4.79 Å². The second-order valence-electron chi connectivity index (χ2n) is 4.02. The highest BCUT2D eigenvalue weighted by atomic mass is 16.1. The predicted octanol–water partition coefficient (Wildman–Crippen LogP) is 2.62. The van der Waals surface area contributed by atoms with Gasteiger partial charge < -0.3 is 0 Å². The highest BCUT2D eigenvalue weighted by Crippen LogP contribution is 2.21. The standard InChI is InChI=1S/C14H11N3O/c1-10(18)14-11-6-2-3-7-12(11)17(16-14)13-8-4-5-9-15-13/h2-9H,1H3. The van der Waals surface area contributed by atoms with E-state index >= 15 is 0 Å². The third kappa shape index (κ3) is 1.59. The number of ketones is 1. The Balaban J connectivity index is 2.34. The number of aromatic nitrogens is 3. The summed E-state index contributed by atoms with van der Waals surface area (Å²) in [5.74, 6) is 0.669. The van der Waals surface area contributed by atoms with Gasteiger partial charge in [-0.1, -0.05) is 24.3 Å². The fourth-order valence-electron chi connectivity index (χ4n) is 1.98. The smallest absolute Gasteiger partial charge is 0.180 e. The average Bonchev–Trinajstić information content (AvgIpc) is 2.79. The van der Waals surface area contributed by atoms with Crippen LogP contribution in [0.25, 0.3) is 16.7 Å². The third-order valence-electron chi connectivity index (χ3n) is 2.79. The van der Waals surface area contributed by atoms with Gasteiger partial charge in [-0.25, -0.2) is 9.67 Å². The molecule has 0 aliphatic heterocycles. The molecular formula is C14H11N3O. The summed E-state index contributed by atoms with van der Waals surface area (Å²) in [6, 6.07) is 13.3. The summed E-state index contributed by atoms with van der Waals surface area (Å²) >= 11 is 0. The summed E-state index contributed by atoms with van der Waals surface area (Å²) in [6.45, 7) is 1.53. The molecule has 2 aromatic heterocycles. The van der Waals surface area contributed by atoms with Gasteiger partial charge in [-0.3, -0.25) is 4.79 Å². The Bertz CT molecular complexity index is 716. The van der Waals surface area contributed by atoms with Crippen molar-refractivity contribution in [2.24, 2.45) is 0 Å². The molecule has 0 atom stereocenters. The van der Waals surface area contributed by atoms with E-state index < -0.39 is 0 Å². The minimum absolute atomic E-state index is 0.0409. The van der Waals surface area contributed by atoms with Crippen LogP contribution >= 0.6 is 0 Å². The van der Waals surface area contributed by atoms with Crippen LogP contribution in [0.15, 0.2) is 48.7 Å². The molecule has 88 valence electrons. The molecule has 0 unspecified atom stereocenters. The summed E-state index contributed by atoms with van der Waals surface area (Å²) in [7, 11) is 0. The van der Waals surface area contributed by atoms with E-state index in [1.54, 1.807) is 10.9 Å². The Morgan fingerprint density at radius 1 is 1.11 bits per heavy atom. The van der Waals surface area contributed by atoms with Crippen LogP contribution in [0.4, 0.5) is 0 Å². The van der Waals surface area contributed by atoms with Crippen LogP contribution in [0.5, 0.6) is 0 Å². The Hall–Kier alpha value is -2.49. The normalized spacial score (nSPS) is 10.7. The average molecular weight is 237 g/mol. The fourth-order valence-corrected chi connectivity index (χ4v) is 1.98. The molecule has 0 bridgehead atoms. The first-order valence-electron chi connectivity index (χ1n) is 5.67. The summed E-state index contributed by atoms with van der Waals surface area (Å²) in [6.07, 6.45) is 1.71. The first kappa shape index (κ1) is 10.7. The van der Waals surface area contributed by atoms with Crippen LogP contribution in [0.2, 0.25) is 0 Å². The van der Waals surface area contributed by atoms with E-state index in [0.717, 1.165) is 10.9 Å². The quantitative estimate of drug-likeness (QED) is 0.644. The van der Waals surface area contributed by atoms with Crippen LogP contribution in [0.3, 0.4) is 0 Å². The number of para-hydroxylation sites is 1. The van der Waals surface area contributed by atoms with Gasteiger partial charge in [-0.05, 0) is 18.2 Å². The minimum Gasteiger partial charge on any atom is -0.293 e. The van der Waals surface area contributed by atoms with E-state index in [2.05, 4.69) is 10.1 Å². The monoisotopic (exact) mass is 237 g/mol. The molecule has 3 rings (SSSR count). The number of fused-ring (bicyclic) bond motifs is 1. The highest BCUT2D eigenvalue weighted by Gasteiger charge is 2.14. The molecule has 0 spiro atoms. The van der Waals surface area contributed by atoms with Gasteiger partial charge in [-0.2, -0.15) is 5.10 Å². The van der Waals surface area contributed by atoms with Gasteiger partial charge in [0.1, 0.15) is 5.69 Å². The van der Waals surface area contributed by atoms with Crippen molar-refractivity contribution in [2.45, 2.75) is 6.92 Å². The van der Waals surface area contributed by atoms with Crippen molar-refractivity contribution in [3.63, 3.8) is 0 Å². The van der Waals surface area contributed by atoms with Crippen LogP contribution in [-0.2, 0) is 0 Å². The van der Waals surface area contributed by atoms with E-state index in [9.17, 15) is 4.79 Å². The van der Waals surface area contributed by atoms with Gasteiger partial charge in [-0.15, -0.1) is 0 Å². The maximum absolute atomic E-state index is 11.6. The topological polar surface area (TPSA) is 47.8 Å². The lowest BCUT2D eigenvalue weighted by Crippen LogP contribution is -2.01. The van der Waals surface area contributed by atoms with Gasteiger partial charge in [0.25, 0.3) is 0 Å². The highest BCUT2D eigenvalue weighted by molar-refractivity contribution is 6.05. The van der Waals surface area contributed by atoms with Crippen LogP contribution in [0, 0.1) is 0 Å². The Kier molecular flexibility index (Phi) is 2.41. The first-order chi connectivity index (χ1) is 8.77. The van der Waals surface area contributed by atoms with Gasteiger partial charge in [0.2, 0.25) is 0 Å². The Morgan fingerprint density at radius 2 is 1.89 bits per heavy atom. The SMILES string of the molecule is CC(=O)c1nn(-c2ccccn2)c2ccccc12. The van der Waals surface area contributed by atoms with Crippen molar-refractivity contribution >= 4 is 16.7 Å². The summed E-state index contributed by atoms with van der Waals surface area (Å²) in [5, 5.41) is 5.22. The van der Waals surface area contributed by atoms with Gasteiger partial charge in [0.05, 0.1) is 5.52 Å². The molecule has 0 fully saturated rings. The van der Waals surface area contributed by atoms with E-state index in [0.29, 0.717) is 11.5 Å². The predicted molar refractivity (Wildman–Crippen MR) is 68.9 cm³/mol. The van der Waals surface area contributed by atoms with Crippen molar-refractivity contribution in [1.29, 1.82) is 0 Å².